The second kappa shape index (κ2) is 9.44. The molecule has 0 spiro atoms. The van der Waals surface area contributed by atoms with Crippen LogP contribution in [-0.4, -0.2) is 52.7 Å². The fourth-order valence-electron chi connectivity index (χ4n) is 3.50. The van der Waals surface area contributed by atoms with Gasteiger partial charge >= 0.3 is 0 Å². The molecule has 1 fully saturated rings. The van der Waals surface area contributed by atoms with Gasteiger partial charge in [-0.25, -0.2) is 9.98 Å². The molecule has 6 heteroatoms. The monoisotopic (exact) mass is 369 g/mol. The molecule has 1 aromatic carbocycles. The van der Waals surface area contributed by atoms with E-state index in [2.05, 4.69) is 46.7 Å². The van der Waals surface area contributed by atoms with Gasteiger partial charge in [0, 0.05) is 32.0 Å². The van der Waals surface area contributed by atoms with Crippen molar-refractivity contribution < 1.29 is 4.74 Å². The van der Waals surface area contributed by atoms with E-state index in [0.717, 1.165) is 37.8 Å². The third-order valence-electron chi connectivity index (χ3n) is 5.04. The Kier molecular flexibility index (Phi) is 6.74. The lowest BCUT2D eigenvalue weighted by atomic mass is 9.93. The Morgan fingerprint density at radius 3 is 2.89 bits per heavy atom. The molecule has 1 aliphatic heterocycles. The first-order valence-corrected chi connectivity index (χ1v) is 9.89. The first-order chi connectivity index (χ1) is 13.2. The molecular formula is C21H31N5O. The molecule has 1 saturated heterocycles. The molecule has 1 N–H and O–H groups in total. The van der Waals surface area contributed by atoms with Crippen molar-refractivity contribution in [1.82, 2.24) is 19.8 Å². The van der Waals surface area contributed by atoms with Crippen molar-refractivity contribution in [2.24, 2.45) is 10.9 Å². The third-order valence-corrected chi connectivity index (χ3v) is 5.04. The van der Waals surface area contributed by atoms with Gasteiger partial charge in [0.15, 0.2) is 5.96 Å². The summed E-state index contributed by atoms with van der Waals surface area (Å²) in [4.78, 5) is 11.4. The maximum absolute atomic E-state index is 5.96. The van der Waals surface area contributed by atoms with Gasteiger partial charge in [0.25, 0.3) is 0 Å². The number of aliphatic imine (C=N–C) groups is 1. The molecule has 6 nitrogen and oxygen atoms in total. The topological polar surface area (TPSA) is 54.7 Å². The number of imidazole rings is 1. The highest BCUT2D eigenvalue weighted by Crippen LogP contribution is 2.27. The van der Waals surface area contributed by atoms with Crippen LogP contribution in [-0.2, 0) is 0 Å². The van der Waals surface area contributed by atoms with Crippen LogP contribution in [0.3, 0.4) is 0 Å². The van der Waals surface area contributed by atoms with Crippen molar-refractivity contribution in [1.29, 1.82) is 0 Å². The number of ether oxygens (including phenoxy) is 1. The molecule has 3 rings (SSSR count). The Bertz CT molecular complexity index is 701. The number of hydrogen-bond donors (Lipinski definition) is 1. The van der Waals surface area contributed by atoms with Crippen molar-refractivity contribution >= 4 is 5.96 Å². The van der Waals surface area contributed by atoms with Crippen LogP contribution in [0, 0.1) is 5.92 Å². The predicted octanol–water partition coefficient (Wildman–Crippen LogP) is 3.20. The molecule has 1 aliphatic rings. The van der Waals surface area contributed by atoms with E-state index >= 15 is 0 Å². The first kappa shape index (κ1) is 19.3. The van der Waals surface area contributed by atoms with Gasteiger partial charge in [-0.2, -0.15) is 0 Å². The average Bonchev–Trinajstić information content (AvgIpc) is 3.21. The van der Waals surface area contributed by atoms with E-state index in [4.69, 9.17) is 9.73 Å². The van der Waals surface area contributed by atoms with E-state index in [-0.39, 0.29) is 6.10 Å². The molecular weight excluding hydrogens is 338 g/mol. The summed E-state index contributed by atoms with van der Waals surface area (Å²) < 4.78 is 8.19. The number of para-hydroxylation sites is 1. The summed E-state index contributed by atoms with van der Waals surface area (Å²) in [7, 11) is 0. The zero-order chi connectivity index (χ0) is 19.1. The molecule has 0 saturated carbocycles. The zero-order valence-electron chi connectivity index (χ0n) is 16.6. The van der Waals surface area contributed by atoms with E-state index in [1.807, 2.05) is 42.9 Å². The van der Waals surface area contributed by atoms with Crippen LogP contribution in [0.15, 0.2) is 54.0 Å². The maximum atomic E-state index is 5.96. The molecule has 2 heterocycles. The van der Waals surface area contributed by atoms with E-state index < -0.39 is 0 Å². The van der Waals surface area contributed by atoms with Crippen LogP contribution in [0.5, 0.6) is 5.75 Å². The molecule has 27 heavy (non-hydrogen) atoms. The zero-order valence-corrected chi connectivity index (χ0v) is 16.6. The molecule has 146 valence electrons. The summed E-state index contributed by atoms with van der Waals surface area (Å²) in [5.74, 6) is 2.48. The van der Waals surface area contributed by atoms with Crippen LogP contribution in [0.25, 0.3) is 0 Å². The average molecular weight is 370 g/mol. The normalized spacial score (nSPS) is 21.7. The van der Waals surface area contributed by atoms with Crippen LogP contribution in [0.1, 0.15) is 33.2 Å². The smallest absolute Gasteiger partial charge is 0.194 e. The van der Waals surface area contributed by atoms with Gasteiger partial charge in [0.05, 0.1) is 18.9 Å². The number of aromatic nitrogens is 2. The summed E-state index contributed by atoms with van der Waals surface area (Å²) in [6.07, 6.45) is 7.00. The number of hydrogen-bond acceptors (Lipinski definition) is 3. The number of benzene rings is 1. The highest BCUT2D eigenvalue weighted by atomic mass is 16.5. The SMILES string of the molecule is CCNC(=NCC(C)Oc1ccccc1)N1CCC(C)C(n2ccnc2)C1. The van der Waals surface area contributed by atoms with Gasteiger partial charge in [-0.1, -0.05) is 25.1 Å². The van der Waals surface area contributed by atoms with E-state index in [1.54, 1.807) is 0 Å². The highest BCUT2D eigenvalue weighted by Gasteiger charge is 2.28. The van der Waals surface area contributed by atoms with Crippen LogP contribution >= 0.6 is 0 Å². The first-order valence-electron chi connectivity index (χ1n) is 9.89. The number of likely N-dealkylation sites (tertiary alicyclic amines) is 1. The molecule has 0 bridgehead atoms. The van der Waals surface area contributed by atoms with Gasteiger partial charge in [-0.05, 0) is 38.3 Å². The highest BCUT2D eigenvalue weighted by molar-refractivity contribution is 5.80. The van der Waals surface area contributed by atoms with Gasteiger partial charge in [0.2, 0.25) is 0 Å². The molecule has 2 aromatic rings. The minimum atomic E-state index is 0.0224. The molecule has 3 atom stereocenters. The fourth-order valence-corrected chi connectivity index (χ4v) is 3.50. The van der Waals surface area contributed by atoms with E-state index in [1.165, 1.54) is 0 Å². The standard InChI is InChI=1S/C21H31N5O/c1-4-23-21(24-14-18(3)27-19-8-6-5-7-9-19)25-12-10-17(2)20(15-25)26-13-11-22-16-26/h5-9,11,13,16-18,20H,4,10,12,14-15H2,1-3H3,(H,23,24). The van der Waals surface area contributed by atoms with Crippen molar-refractivity contribution in [3.63, 3.8) is 0 Å². The Morgan fingerprint density at radius 1 is 1.37 bits per heavy atom. The largest absolute Gasteiger partial charge is 0.489 e. The molecule has 0 radical (unpaired) electrons. The lowest BCUT2D eigenvalue weighted by Gasteiger charge is -2.39. The Labute approximate surface area is 162 Å². The number of nitrogens with one attached hydrogen (secondary N) is 1. The number of rotatable bonds is 6. The lowest BCUT2D eigenvalue weighted by molar-refractivity contribution is 0.187. The third kappa shape index (κ3) is 5.25. The van der Waals surface area contributed by atoms with E-state index in [9.17, 15) is 0 Å². The Morgan fingerprint density at radius 2 is 2.19 bits per heavy atom. The van der Waals surface area contributed by atoms with E-state index in [0.29, 0.717) is 18.5 Å². The Balaban J connectivity index is 1.64. The molecule has 1 aromatic heterocycles. The summed E-state index contributed by atoms with van der Waals surface area (Å²) >= 11 is 0. The molecule has 0 amide bonds. The minimum absolute atomic E-state index is 0.0224. The maximum Gasteiger partial charge on any atom is 0.194 e. The lowest BCUT2D eigenvalue weighted by Crippen LogP contribution is -2.49. The molecule has 3 unspecified atom stereocenters. The quantitative estimate of drug-likeness (QED) is 0.628. The molecule has 0 aliphatic carbocycles. The fraction of sp³-hybridized carbons (Fsp3) is 0.524. The van der Waals surface area contributed by atoms with Gasteiger partial charge in [-0.15, -0.1) is 0 Å². The second-order valence-corrected chi connectivity index (χ2v) is 7.23. The number of nitrogens with zero attached hydrogens (tertiary/aromatic N) is 4. The van der Waals surface area contributed by atoms with Crippen molar-refractivity contribution in [3.8, 4) is 5.75 Å². The second-order valence-electron chi connectivity index (χ2n) is 7.23. The van der Waals surface area contributed by atoms with Crippen molar-refractivity contribution in [3.05, 3.63) is 49.1 Å². The van der Waals surface area contributed by atoms with Crippen LogP contribution in [0.2, 0.25) is 0 Å². The van der Waals surface area contributed by atoms with Crippen molar-refractivity contribution in [2.45, 2.75) is 39.3 Å². The van der Waals surface area contributed by atoms with Gasteiger partial charge in [-0.3, -0.25) is 0 Å². The van der Waals surface area contributed by atoms with Crippen molar-refractivity contribution in [2.75, 3.05) is 26.2 Å². The summed E-state index contributed by atoms with van der Waals surface area (Å²) in [6, 6.07) is 10.3. The summed E-state index contributed by atoms with van der Waals surface area (Å²) in [6.45, 7) is 9.94. The van der Waals surface area contributed by atoms with Gasteiger partial charge in [0.1, 0.15) is 11.9 Å². The van der Waals surface area contributed by atoms with Crippen LogP contribution < -0.4 is 10.1 Å². The number of piperidine rings is 1. The Hall–Kier alpha value is -2.50. The summed E-state index contributed by atoms with van der Waals surface area (Å²) in [5.41, 5.74) is 0. The van der Waals surface area contributed by atoms with Crippen LogP contribution in [0.4, 0.5) is 0 Å². The predicted molar refractivity (Wildman–Crippen MR) is 109 cm³/mol. The number of guanidine groups is 1. The minimum Gasteiger partial charge on any atom is -0.489 e. The van der Waals surface area contributed by atoms with Gasteiger partial charge < -0.3 is 19.5 Å². The summed E-state index contributed by atoms with van der Waals surface area (Å²) in [5, 5.41) is 3.45.